The van der Waals surface area contributed by atoms with Crippen molar-refractivity contribution in [3.8, 4) is 6.07 Å². The third kappa shape index (κ3) is 3.15. The van der Waals surface area contributed by atoms with E-state index in [1.54, 1.807) is 0 Å². The molecule has 13 heavy (non-hydrogen) atoms. The van der Waals surface area contributed by atoms with Crippen LogP contribution in [0.25, 0.3) is 0 Å². The number of alkyl carbamates (subject to hydrolysis) is 1. The molecule has 0 fully saturated rings. The van der Waals surface area contributed by atoms with Crippen LogP contribution in [0.3, 0.4) is 0 Å². The zero-order valence-corrected chi connectivity index (χ0v) is 6.51. The second-order valence-corrected chi connectivity index (χ2v) is 1.80. The summed E-state index contributed by atoms with van der Waals surface area (Å²) in [5.74, 6) is -1.32. The number of nitrogens with zero attached hydrogens (tertiary/aromatic N) is 2. The number of nitriles is 1. The highest BCUT2D eigenvalue weighted by molar-refractivity contribution is 5.95. The van der Waals surface area contributed by atoms with Crippen LogP contribution in [0.15, 0.2) is 0 Å². The SMILES string of the molecule is COC(=O)NC(=O)C(C#N)[N+](=O)[O-]. The predicted octanol–water partition coefficient (Wildman–Crippen LogP) is -0.962. The Hall–Kier alpha value is -2.17. The minimum Gasteiger partial charge on any atom is -0.453 e. The van der Waals surface area contributed by atoms with Crippen LogP contribution in [0.2, 0.25) is 0 Å². The normalized spacial score (nSPS) is 10.8. The fourth-order valence-electron chi connectivity index (χ4n) is 0.421. The summed E-state index contributed by atoms with van der Waals surface area (Å²) in [7, 11) is 0.982. The van der Waals surface area contributed by atoms with Crippen LogP contribution < -0.4 is 5.32 Å². The molecule has 0 heterocycles. The van der Waals surface area contributed by atoms with Crippen molar-refractivity contribution in [2.45, 2.75) is 6.04 Å². The summed E-state index contributed by atoms with van der Waals surface area (Å²) in [5, 5.41) is 19.7. The zero-order valence-electron chi connectivity index (χ0n) is 6.51. The highest BCUT2D eigenvalue weighted by Crippen LogP contribution is 1.88. The summed E-state index contributed by atoms with van der Waals surface area (Å²) in [6, 6.07) is -0.986. The number of nitro groups is 1. The highest BCUT2D eigenvalue weighted by Gasteiger charge is 2.30. The first-order valence-electron chi connectivity index (χ1n) is 2.94. The second kappa shape index (κ2) is 4.66. The monoisotopic (exact) mass is 187 g/mol. The van der Waals surface area contributed by atoms with Gasteiger partial charge in [-0.2, -0.15) is 5.26 Å². The first kappa shape index (κ1) is 10.8. The van der Waals surface area contributed by atoms with E-state index in [2.05, 4.69) is 4.74 Å². The number of carbonyl (C=O) groups is 2. The number of hydrogen-bond acceptors (Lipinski definition) is 6. The van der Waals surface area contributed by atoms with Crippen molar-refractivity contribution in [3.05, 3.63) is 10.1 Å². The van der Waals surface area contributed by atoms with Gasteiger partial charge in [0.05, 0.1) is 7.11 Å². The van der Waals surface area contributed by atoms with Gasteiger partial charge in [-0.25, -0.2) is 4.79 Å². The molecular weight excluding hydrogens is 182 g/mol. The maximum atomic E-state index is 10.7. The van der Waals surface area contributed by atoms with Crippen molar-refractivity contribution in [1.82, 2.24) is 5.32 Å². The Morgan fingerprint density at radius 2 is 2.23 bits per heavy atom. The van der Waals surface area contributed by atoms with Crippen LogP contribution in [-0.2, 0) is 9.53 Å². The molecule has 0 rings (SSSR count). The van der Waals surface area contributed by atoms with Gasteiger partial charge in [0, 0.05) is 4.92 Å². The third-order valence-electron chi connectivity index (χ3n) is 0.992. The fourth-order valence-corrected chi connectivity index (χ4v) is 0.421. The van der Waals surface area contributed by atoms with Gasteiger partial charge in [-0.3, -0.25) is 20.2 Å². The van der Waals surface area contributed by atoms with Crippen LogP contribution in [-0.4, -0.2) is 30.1 Å². The van der Waals surface area contributed by atoms with E-state index >= 15 is 0 Å². The molecule has 0 saturated heterocycles. The molecule has 2 amide bonds. The van der Waals surface area contributed by atoms with Crippen LogP contribution in [0, 0.1) is 21.4 Å². The van der Waals surface area contributed by atoms with Crippen LogP contribution in [0.4, 0.5) is 4.79 Å². The van der Waals surface area contributed by atoms with Crippen LogP contribution >= 0.6 is 0 Å². The van der Waals surface area contributed by atoms with Gasteiger partial charge in [-0.1, -0.05) is 0 Å². The molecule has 0 aromatic heterocycles. The molecule has 0 radical (unpaired) electrons. The van der Waals surface area contributed by atoms with Crippen molar-refractivity contribution >= 4 is 12.0 Å². The molecule has 1 unspecified atom stereocenters. The second-order valence-electron chi connectivity index (χ2n) is 1.80. The van der Waals surface area contributed by atoms with E-state index in [-0.39, 0.29) is 0 Å². The minimum absolute atomic E-state index is 0.982. The standard InChI is InChI=1S/C5H5N3O5/c1-13-5(10)7-4(9)3(2-6)8(11)12/h3H,1H3,(H,7,9,10). The van der Waals surface area contributed by atoms with Crippen LogP contribution in [0.5, 0.6) is 0 Å². The van der Waals surface area contributed by atoms with E-state index in [0.717, 1.165) is 13.2 Å². The Balaban J connectivity index is 4.34. The number of carbonyl (C=O) groups excluding carboxylic acids is 2. The Morgan fingerprint density at radius 3 is 2.54 bits per heavy atom. The van der Waals surface area contributed by atoms with Gasteiger partial charge >= 0.3 is 18.0 Å². The number of rotatable bonds is 2. The molecule has 0 bridgehead atoms. The average molecular weight is 187 g/mol. The third-order valence-corrected chi connectivity index (χ3v) is 0.992. The zero-order chi connectivity index (χ0) is 10.4. The molecule has 8 nitrogen and oxygen atoms in total. The lowest BCUT2D eigenvalue weighted by Gasteiger charge is -2.01. The predicted molar refractivity (Wildman–Crippen MR) is 36.9 cm³/mol. The molecular formula is C5H5N3O5. The molecule has 0 aliphatic carbocycles. The largest absolute Gasteiger partial charge is 0.453 e. The summed E-state index contributed by atoms with van der Waals surface area (Å²) in [6.07, 6.45) is -1.15. The molecule has 0 aromatic carbocycles. The Morgan fingerprint density at radius 1 is 1.69 bits per heavy atom. The Labute approximate surface area is 72.2 Å². The highest BCUT2D eigenvalue weighted by atomic mass is 16.6. The minimum atomic E-state index is -2.10. The first-order valence-corrected chi connectivity index (χ1v) is 2.94. The van der Waals surface area contributed by atoms with Gasteiger partial charge in [0.25, 0.3) is 0 Å². The Kier molecular flexibility index (Phi) is 3.88. The van der Waals surface area contributed by atoms with Gasteiger partial charge in [0.2, 0.25) is 0 Å². The molecule has 1 N–H and O–H groups in total. The smallest absolute Gasteiger partial charge is 0.413 e. The van der Waals surface area contributed by atoms with Crippen molar-refractivity contribution in [2.75, 3.05) is 7.11 Å². The molecule has 70 valence electrons. The van der Waals surface area contributed by atoms with E-state index in [1.165, 1.54) is 5.32 Å². The molecule has 0 aliphatic rings. The quantitative estimate of drug-likeness (QED) is 0.438. The van der Waals surface area contributed by atoms with Gasteiger partial charge in [-0.15, -0.1) is 0 Å². The van der Waals surface area contributed by atoms with Crippen molar-refractivity contribution < 1.29 is 19.2 Å². The Bertz CT molecular complexity index is 280. The van der Waals surface area contributed by atoms with E-state index in [4.69, 9.17) is 5.26 Å². The molecule has 1 atom stereocenters. The van der Waals surface area contributed by atoms with Crippen LogP contribution in [0.1, 0.15) is 0 Å². The summed E-state index contributed by atoms with van der Waals surface area (Å²) in [5.41, 5.74) is 0. The van der Waals surface area contributed by atoms with Crippen molar-refractivity contribution in [1.29, 1.82) is 5.26 Å². The maximum Gasteiger partial charge on any atom is 0.413 e. The number of methoxy groups -OCH3 is 1. The lowest BCUT2D eigenvalue weighted by Crippen LogP contribution is -2.41. The summed E-state index contributed by atoms with van der Waals surface area (Å²) >= 11 is 0. The molecule has 0 saturated carbocycles. The number of amides is 2. The number of ether oxygens (including phenoxy) is 1. The summed E-state index contributed by atoms with van der Waals surface area (Å²) in [6.45, 7) is 0. The van der Waals surface area contributed by atoms with Gasteiger partial charge < -0.3 is 4.74 Å². The molecule has 0 aromatic rings. The van der Waals surface area contributed by atoms with E-state index in [1.807, 2.05) is 0 Å². The number of imide groups is 1. The topological polar surface area (TPSA) is 122 Å². The lowest BCUT2D eigenvalue weighted by atomic mass is 10.3. The van der Waals surface area contributed by atoms with Gasteiger partial charge in [-0.05, 0) is 0 Å². The summed E-state index contributed by atoms with van der Waals surface area (Å²) < 4.78 is 3.99. The van der Waals surface area contributed by atoms with E-state index in [9.17, 15) is 19.7 Å². The lowest BCUT2D eigenvalue weighted by molar-refractivity contribution is -0.492. The van der Waals surface area contributed by atoms with Crippen molar-refractivity contribution in [2.24, 2.45) is 0 Å². The van der Waals surface area contributed by atoms with E-state index < -0.39 is 23.0 Å². The summed E-state index contributed by atoms with van der Waals surface area (Å²) in [4.78, 5) is 30.0. The van der Waals surface area contributed by atoms with Crippen molar-refractivity contribution in [3.63, 3.8) is 0 Å². The first-order chi connectivity index (χ1) is 6.02. The number of nitrogens with one attached hydrogen (secondary N) is 1. The number of hydrogen-bond donors (Lipinski definition) is 1. The average Bonchev–Trinajstić information content (AvgIpc) is 2.04. The molecule has 0 spiro atoms. The maximum absolute atomic E-state index is 10.7. The molecule has 8 heteroatoms. The molecule has 0 aliphatic heterocycles. The van der Waals surface area contributed by atoms with Gasteiger partial charge in [0.15, 0.2) is 6.07 Å². The fraction of sp³-hybridized carbons (Fsp3) is 0.400. The van der Waals surface area contributed by atoms with Gasteiger partial charge in [0.1, 0.15) is 0 Å². The van der Waals surface area contributed by atoms with E-state index in [0.29, 0.717) is 0 Å².